The fourth-order valence-electron chi connectivity index (χ4n) is 3.86. The molecule has 1 rings (SSSR count). The maximum absolute atomic E-state index is 13.0. The summed E-state index contributed by atoms with van der Waals surface area (Å²) in [6.07, 6.45) is -0.407. The molecule has 15 heteroatoms. The molecule has 0 aliphatic heterocycles. The molecule has 0 bridgehead atoms. The summed E-state index contributed by atoms with van der Waals surface area (Å²) in [7, 11) is 0. The molecule has 0 radical (unpaired) electrons. The molecule has 0 heterocycles. The van der Waals surface area contributed by atoms with Gasteiger partial charge in [-0.25, -0.2) is 0 Å². The number of carbonyl (C=O) groups excluding carboxylic acids is 3. The molecule has 1 fully saturated rings. The van der Waals surface area contributed by atoms with Crippen molar-refractivity contribution in [2.75, 3.05) is 59.5 Å². The molecule has 0 spiro atoms. The van der Waals surface area contributed by atoms with E-state index >= 15 is 0 Å². The van der Waals surface area contributed by atoms with Crippen LogP contribution in [0.5, 0.6) is 0 Å². The van der Waals surface area contributed by atoms with Gasteiger partial charge in [-0.3, -0.25) is 14.4 Å². The Morgan fingerprint density at radius 1 is 0.444 bits per heavy atom. The molecule has 210 valence electrons. The van der Waals surface area contributed by atoms with E-state index in [1.54, 1.807) is 0 Å². The Kier molecular flexibility index (Phi) is 12.6. The van der Waals surface area contributed by atoms with Crippen LogP contribution < -0.4 is 16.0 Å². The number of nitrogens with one attached hydrogen (secondary N) is 3. The van der Waals surface area contributed by atoms with Crippen LogP contribution >= 0.6 is 0 Å². The summed E-state index contributed by atoms with van der Waals surface area (Å²) in [6.45, 7) is -7.21. The van der Waals surface area contributed by atoms with Crippen molar-refractivity contribution in [2.24, 2.45) is 17.8 Å². The third-order valence-corrected chi connectivity index (χ3v) is 6.71. The normalized spacial score (nSPS) is 21.1. The number of amides is 3. The molecule has 12 N–H and O–H groups in total. The summed E-state index contributed by atoms with van der Waals surface area (Å²) < 4.78 is 0. The molecule has 0 aromatic heterocycles. The molecule has 0 atom stereocenters. The number of aliphatic hydroxyl groups excluding tert-OH is 9. The molecule has 1 saturated carbocycles. The lowest BCUT2D eigenvalue weighted by Crippen LogP contribution is -2.61. The summed E-state index contributed by atoms with van der Waals surface area (Å²) in [5.74, 6) is -5.48. The van der Waals surface area contributed by atoms with Crippen molar-refractivity contribution in [3.05, 3.63) is 0 Å². The van der Waals surface area contributed by atoms with E-state index in [-0.39, 0.29) is 19.3 Å². The SMILES string of the molecule is O=C(NC(CO)(CO)CO)C1CC(C(=O)NC(CO)(CO)CO)CC(C(=O)NC(CO)(CO)CO)C1. The standard InChI is InChI=1S/C21H39N3O12/c25-4-19(5-26,6-27)22-16(34)13-1-14(17(35)23-20(7-28,8-29)9-30)3-15(2-13)18(36)24-21(10-31,11-32)12-33/h13-15,25-33H,1-12H2,(H,22,34)(H,23,35)(H,24,36). The first-order valence-electron chi connectivity index (χ1n) is 11.5. The van der Waals surface area contributed by atoms with Gasteiger partial charge in [0.2, 0.25) is 17.7 Å². The van der Waals surface area contributed by atoms with Crippen LogP contribution in [0.15, 0.2) is 0 Å². The minimum Gasteiger partial charge on any atom is -0.394 e. The fraction of sp³-hybridized carbons (Fsp3) is 0.857. The van der Waals surface area contributed by atoms with Crippen LogP contribution in [0.3, 0.4) is 0 Å². The Balaban J connectivity index is 3.25. The Hall–Kier alpha value is -1.95. The third kappa shape index (κ3) is 7.53. The molecular formula is C21H39N3O12. The number of carbonyl (C=O) groups is 3. The van der Waals surface area contributed by atoms with E-state index in [0.717, 1.165) is 0 Å². The summed E-state index contributed by atoms with van der Waals surface area (Å²) in [5.41, 5.74) is -5.28. The maximum atomic E-state index is 13.0. The van der Waals surface area contributed by atoms with Crippen LogP contribution in [0.25, 0.3) is 0 Å². The first-order valence-corrected chi connectivity index (χ1v) is 11.5. The van der Waals surface area contributed by atoms with Crippen LogP contribution in [0.2, 0.25) is 0 Å². The van der Waals surface area contributed by atoms with Crippen LogP contribution in [0.4, 0.5) is 0 Å². The molecule has 0 aromatic rings. The van der Waals surface area contributed by atoms with Gasteiger partial charge in [0.1, 0.15) is 16.6 Å². The van der Waals surface area contributed by atoms with Crippen molar-refractivity contribution >= 4 is 17.7 Å². The highest BCUT2D eigenvalue weighted by Gasteiger charge is 2.44. The van der Waals surface area contributed by atoms with Gasteiger partial charge in [0.15, 0.2) is 0 Å². The molecule has 15 nitrogen and oxygen atoms in total. The lowest BCUT2D eigenvalue weighted by atomic mass is 9.73. The van der Waals surface area contributed by atoms with Crippen LogP contribution in [0.1, 0.15) is 19.3 Å². The number of rotatable bonds is 15. The smallest absolute Gasteiger partial charge is 0.223 e. The maximum Gasteiger partial charge on any atom is 0.223 e. The number of hydrogen-bond acceptors (Lipinski definition) is 12. The highest BCUT2D eigenvalue weighted by Crippen LogP contribution is 2.35. The zero-order valence-corrected chi connectivity index (χ0v) is 20.0. The van der Waals surface area contributed by atoms with Gasteiger partial charge < -0.3 is 61.9 Å². The molecule has 0 unspecified atom stereocenters. The van der Waals surface area contributed by atoms with E-state index in [1.165, 1.54) is 0 Å². The average Bonchev–Trinajstić information content (AvgIpc) is 2.93. The van der Waals surface area contributed by atoms with Crippen molar-refractivity contribution < 1.29 is 60.3 Å². The molecule has 0 saturated heterocycles. The first kappa shape index (κ1) is 32.1. The average molecular weight is 526 g/mol. The zero-order chi connectivity index (χ0) is 27.6. The largest absolute Gasteiger partial charge is 0.394 e. The van der Waals surface area contributed by atoms with Crippen LogP contribution in [-0.2, 0) is 14.4 Å². The van der Waals surface area contributed by atoms with Gasteiger partial charge in [0.05, 0.1) is 59.5 Å². The Morgan fingerprint density at radius 3 is 0.750 bits per heavy atom. The van der Waals surface area contributed by atoms with Crippen molar-refractivity contribution in [3.8, 4) is 0 Å². The molecule has 1 aliphatic rings. The van der Waals surface area contributed by atoms with Gasteiger partial charge in [0.25, 0.3) is 0 Å². The predicted octanol–water partition coefficient (Wildman–Crippen LogP) is -6.49. The first-order chi connectivity index (χ1) is 17.0. The van der Waals surface area contributed by atoms with E-state index in [2.05, 4.69) is 16.0 Å². The second kappa shape index (κ2) is 14.1. The monoisotopic (exact) mass is 525 g/mol. The van der Waals surface area contributed by atoms with Crippen molar-refractivity contribution in [1.29, 1.82) is 0 Å². The zero-order valence-electron chi connectivity index (χ0n) is 20.0. The highest BCUT2D eigenvalue weighted by atomic mass is 16.3. The third-order valence-electron chi connectivity index (χ3n) is 6.71. The fourth-order valence-corrected chi connectivity index (χ4v) is 3.86. The van der Waals surface area contributed by atoms with Gasteiger partial charge in [-0.1, -0.05) is 0 Å². The summed E-state index contributed by atoms with van der Waals surface area (Å²) in [4.78, 5) is 39.0. The Labute approximate surface area is 207 Å². The molecule has 1 aliphatic carbocycles. The van der Waals surface area contributed by atoms with E-state index in [4.69, 9.17) is 0 Å². The number of aliphatic hydroxyl groups is 9. The minimum atomic E-state index is -1.76. The second-order valence-corrected chi connectivity index (χ2v) is 9.53. The van der Waals surface area contributed by atoms with E-state index in [9.17, 15) is 60.3 Å². The summed E-state index contributed by atoms with van der Waals surface area (Å²) in [5, 5.41) is 92.7. The minimum absolute atomic E-state index is 0.136. The topological polar surface area (TPSA) is 269 Å². The molecule has 3 amide bonds. The van der Waals surface area contributed by atoms with Gasteiger partial charge in [0, 0.05) is 17.8 Å². The van der Waals surface area contributed by atoms with Gasteiger partial charge in [-0.15, -0.1) is 0 Å². The van der Waals surface area contributed by atoms with Gasteiger partial charge in [-0.2, -0.15) is 0 Å². The molecule has 36 heavy (non-hydrogen) atoms. The highest BCUT2D eigenvalue weighted by molar-refractivity contribution is 5.86. The molecular weight excluding hydrogens is 486 g/mol. The Morgan fingerprint density at radius 2 is 0.611 bits per heavy atom. The van der Waals surface area contributed by atoms with Crippen molar-refractivity contribution in [2.45, 2.75) is 35.9 Å². The van der Waals surface area contributed by atoms with E-state index in [1.807, 2.05) is 0 Å². The number of hydrogen-bond donors (Lipinski definition) is 12. The summed E-state index contributed by atoms with van der Waals surface area (Å²) in [6, 6.07) is 0. The Bertz CT molecular complexity index is 599. The van der Waals surface area contributed by atoms with Crippen molar-refractivity contribution in [3.63, 3.8) is 0 Å². The summed E-state index contributed by atoms with van der Waals surface area (Å²) >= 11 is 0. The predicted molar refractivity (Wildman–Crippen MR) is 121 cm³/mol. The lowest BCUT2D eigenvalue weighted by Gasteiger charge is -2.38. The van der Waals surface area contributed by atoms with E-state index in [0.29, 0.717) is 0 Å². The molecule has 0 aromatic carbocycles. The second-order valence-electron chi connectivity index (χ2n) is 9.53. The van der Waals surface area contributed by atoms with Gasteiger partial charge in [-0.05, 0) is 19.3 Å². The van der Waals surface area contributed by atoms with Crippen molar-refractivity contribution in [1.82, 2.24) is 16.0 Å². The van der Waals surface area contributed by atoms with Crippen LogP contribution in [0, 0.1) is 17.8 Å². The van der Waals surface area contributed by atoms with E-state index < -0.39 is 112 Å². The van der Waals surface area contributed by atoms with Gasteiger partial charge >= 0.3 is 0 Å². The lowest BCUT2D eigenvalue weighted by molar-refractivity contribution is -0.139. The van der Waals surface area contributed by atoms with Crippen LogP contribution in [-0.4, -0.2) is 140 Å². The quantitative estimate of drug-likeness (QED) is 0.0951.